The van der Waals surface area contributed by atoms with Gasteiger partial charge in [-0.05, 0) is 24.6 Å². The van der Waals surface area contributed by atoms with Crippen LogP contribution in [0.25, 0.3) is 11.3 Å². The van der Waals surface area contributed by atoms with Gasteiger partial charge in [0.15, 0.2) is 0 Å². The lowest BCUT2D eigenvalue weighted by molar-refractivity contribution is -0.0332. The third-order valence-electron chi connectivity index (χ3n) is 4.35. The number of morpholine rings is 1. The number of benzene rings is 1. The van der Waals surface area contributed by atoms with Crippen LogP contribution in [0.4, 0.5) is 0 Å². The van der Waals surface area contributed by atoms with Gasteiger partial charge in [0, 0.05) is 44.0 Å². The fourth-order valence-electron chi connectivity index (χ4n) is 2.88. The maximum atomic E-state index is 12.7. The summed E-state index contributed by atoms with van der Waals surface area (Å²) in [5, 5.41) is 8.09. The summed E-state index contributed by atoms with van der Waals surface area (Å²) in [4.78, 5) is 14.6. The molecular weight excluding hydrogens is 334 g/mol. The van der Waals surface area contributed by atoms with E-state index in [9.17, 15) is 4.79 Å². The van der Waals surface area contributed by atoms with Crippen LogP contribution in [-0.2, 0) is 9.47 Å². The molecule has 1 aromatic carbocycles. The van der Waals surface area contributed by atoms with Crippen LogP contribution < -0.4 is 4.74 Å². The number of nitrogens with zero attached hydrogens (tertiary/aromatic N) is 3. The van der Waals surface area contributed by atoms with E-state index in [0.29, 0.717) is 37.7 Å². The van der Waals surface area contributed by atoms with Crippen molar-refractivity contribution in [2.75, 3.05) is 40.5 Å². The number of carbonyl (C=O) groups excluding carboxylic acids is 1. The van der Waals surface area contributed by atoms with Gasteiger partial charge in [-0.25, -0.2) is 0 Å². The minimum atomic E-state index is 0.0167. The van der Waals surface area contributed by atoms with E-state index in [-0.39, 0.29) is 12.0 Å². The molecule has 7 heteroatoms. The minimum Gasteiger partial charge on any atom is -0.480 e. The van der Waals surface area contributed by atoms with Gasteiger partial charge >= 0.3 is 0 Å². The van der Waals surface area contributed by atoms with Crippen LogP contribution >= 0.6 is 0 Å². The first-order valence-corrected chi connectivity index (χ1v) is 8.59. The summed E-state index contributed by atoms with van der Waals surface area (Å²) in [6.07, 6.45) is 0.816. The molecule has 1 aliphatic heterocycles. The molecule has 26 heavy (non-hydrogen) atoms. The topological polar surface area (TPSA) is 73.8 Å². The maximum absolute atomic E-state index is 12.7. The Morgan fingerprint density at radius 2 is 2.00 bits per heavy atom. The highest BCUT2D eigenvalue weighted by Gasteiger charge is 2.24. The van der Waals surface area contributed by atoms with Gasteiger partial charge in [0.25, 0.3) is 5.91 Å². The van der Waals surface area contributed by atoms with E-state index in [1.54, 1.807) is 20.3 Å². The SMILES string of the molecule is COCC[C@H]1CN(C(=O)c2ccc(-c3ccc(OC)nn3)cc2)CCO1. The van der Waals surface area contributed by atoms with Crippen LogP contribution in [-0.4, -0.2) is 67.6 Å². The second kappa shape index (κ2) is 8.73. The lowest BCUT2D eigenvalue weighted by atomic mass is 10.1. The molecule has 2 aromatic rings. The van der Waals surface area contributed by atoms with Gasteiger partial charge in [0.05, 0.1) is 25.5 Å². The average Bonchev–Trinajstić information content (AvgIpc) is 2.72. The highest BCUT2D eigenvalue weighted by atomic mass is 16.5. The number of rotatable bonds is 6. The second-order valence-corrected chi connectivity index (χ2v) is 6.06. The number of carbonyl (C=O) groups is 1. The maximum Gasteiger partial charge on any atom is 0.254 e. The van der Waals surface area contributed by atoms with E-state index in [1.165, 1.54) is 0 Å². The monoisotopic (exact) mass is 357 g/mol. The Morgan fingerprint density at radius 3 is 2.65 bits per heavy atom. The highest BCUT2D eigenvalue weighted by molar-refractivity contribution is 5.94. The molecule has 0 saturated carbocycles. The number of aromatic nitrogens is 2. The number of amides is 1. The van der Waals surface area contributed by atoms with Crippen LogP contribution in [0, 0.1) is 0 Å². The predicted molar refractivity (Wildman–Crippen MR) is 96.2 cm³/mol. The second-order valence-electron chi connectivity index (χ2n) is 6.06. The third kappa shape index (κ3) is 4.36. The van der Waals surface area contributed by atoms with Crippen molar-refractivity contribution in [3.63, 3.8) is 0 Å². The molecule has 1 amide bonds. The van der Waals surface area contributed by atoms with E-state index in [1.807, 2.05) is 35.2 Å². The first kappa shape index (κ1) is 18.3. The van der Waals surface area contributed by atoms with E-state index in [0.717, 1.165) is 17.7 Å². The normalized spacial score (nSPS) is 17.2. The van der Waals surface area contributed by atoms with Crippen molar-refractivity contribution in [2.45, 2.75) is 12.5 Å². The molecule has 0 bridgehead atoms. The van der Waals surface area contributed by atoms with Crippen molar-refractivity contribution >= 4 is 5.91 Å². The lowest BCUT2D eigenvalue weighted by Gasteiger charge is -2.33. The summed E-state index contributed by atoms with van der Waals surface area (Å²) in [7, 11) is 3.22. The molecule has 1 aliphatic rings. The fourth-order valence-corrected chi connectivity index (χ4v) is 2.88. The van der Waals surface area contributed by atoms with Crippen molar-refractivity contribution in [1.82, 2.24) is 15.1 Å². The Morgan fingerprint density at radius 1 is 1.19 bits per heavy atom. The number of ether oxygens (including phenoxy) is 3. The van der Waals surface area contributed by atoms with Gasteiger partial charge in [0.2, 0.25) is 5.88 Å². The average molecular weight is 357 g/mol. The lowest BCUT2D eigenvalue weighted by Crippen LogP contribution is -2.45. The molecule has 0 spiro atoms. The molecule has 1 atom stereocenters. The van der Waals surface area contributed by atoms with Gasteiger partial charge in [-0.15, -0.1) is 10.2 Å². The third-order valence-corrected chi connectivity index (χ3v) is 4.35. The first-order chi connectivity index (χ1) is 12.7. The molecule has 1 saturated heterocycles. The molecule has 0 N–H and O–H groups in total. The number of methoxy groups -OCH3 is 2. The van der Waals surface area contributed by atoms with Crippen LogP contribution in [0.2, 0.25) is 0 Å². The van der Waals surface area contributed by atoms with E-state index in [4.69, 9.17) is 14.2 Å². The van der Waals surface area contributed by atoms with Crippen molar-refractivity contribution in [2.24, 2.45) is 0 Å². The van der Waals surface area contributed by atoms with Crippen molar-refractivity contribution in [3.05, 3.63) is 42.0 Å². The Labute approximate surface area is 152 Å². The van der Waals surface area contributed by atoms with Crippen LogP contribution in [0.3, 0.4) is 0 Å². The quantitative estimate of drug-likeness (QED) is 0.788. The van der Waals surface area contributed by atoms with Crippen LogP contribution in [0.5, 0.6) is 5.88 Å². The zero-order valence-electron chi connectivity index (χ0n) is 15.1. The predicted octanol–water partition coefficient (Wildman–Crippen LogP) is 2.03. The van der Waals surface area contributed by atoms with Gasteiger partial charge in [0.1, 0.15) is 0 Å². The largest absolute Gasteiger partial charge is 0.480 e. The zero-order chi connectivity index (χ0) is 18.4. The van der Waals surface area contributed by atoms with E-state index >= 15 is 0 Å². The molecule has 3 rings (SSSR count). The van der Waals surface area contributed by atoms with Crippen molar-refractivity contribution < 1.29 is 19.0 Å². The van der Waals surface area contributed by atoms with Crippen molar-refractivity contribution in [1.29, 1.82) is 0 Å². The fraction of sp³-hybridized carbons (Fsp3) is 0.421. The Bertz CT molecular complexity index is 719. The molecule has 7 nitrogen and oxygen atoms in total. The van der Waals surface area contributed by atoms with Gasteiger partial charge in [-0.3, -0.25) is 4.79 Å². The molecule has 0 radical (unpaired) electrons. The molecule has 1 fully saturated rings. The number of hydrogen-bond acceptors (Lipinski definition) is 6. The summed E-state index contributed by atoms with van der Waals surface area (Å²) < 4.78 is 15.8. The first-order valence-electron chi connectivity index (χ1n) is 8.59. The highest BCUT2D eigenvalue weighted by Crippen LogP contribution is 2.20. The summed E-state index contributed by atoms with van der Waals surface area (Å²) in [6, 6.07) is 11.0. The van der Waals surface area contributed by atoms with Crippen LogP contribution in [0.15, 0.2) is 36.4 Å². The molecular formula is C19H23N3O4. The Kier molecular flexibility index (Phi) is 6.14. The summed E-state index contributed by atoms with van der Waals surface area (Å²) in [5.74, 6) is 0.485. The molecule has 2 heterocycles. The summed E-state index contributed by atoms with van der Waals surface area (Å²) in [6.45, 7) is 2.38. The Hall–Kier alpha value is -2.51. The van der Waals surface area contributed by atoms with Gasteiger partial charge < -0.3 is 19.1 Å². The standard InChI is InChI=1S/C19H23N3O4/c1-24-11-9-16-13-22(10-12-26-16)19(23)15-5-3-14(4-6-15)17-7-8-18(25-2)21-20-17/h3-8,16H,9-13H2,1-2H3/t16-/m0/s1. The van der Waals surface area contributed by atoms with Gasteiger partial charge in [-0.1, -0.05) is 12.1 Å². The van der Waals surface area contributed by atoms with E-state index < -0.39 is 0 Å². The summed E-state index contributed by atoms with van der Waals surface area (Å²) >= 11 is 0. The molecule has 0 aliphatic carbocycles. The Balaban J connectivity index is 1.66. The molecule has 1 aromatic heterocycles. The summed E-state index contributed by atoms with van der Waals surface area (Å²) in [5.41, 5.74) is 2.29. The number of hydrogen-bond donors (Lipinski definition) is 0. The molecule has 138 valence electrons. The van der Waals surface area contributed by atoms with Crippen LogP contribution in [0.1, 0.15) is 16.8 Å². The zero-order valence-corrected chi connectivity index (χ0v) is 15.1. The smallest absolute Gasteiger partial charge is 0.254 e. The van der Waals surface area contributed by atoms with Gasteiger partial charge in [-0.2, -0.15) is 0 Å². The molecule has 0 unspecified atom stereocenters. The van der Waals surface area contributed by atoms with E-state index in [2.05, 4.69) is 10.2 Å². The minimum absolute atomic E-state index is 0.0167. The van der Waals surface area contributed by atoms with Crippen molar-refractivity contribution in [3.8, 4) is 17.1 Å².